The third-order valence-electron chi connectivity index (χ3n) is 10.3. The molecular formula is C40H59N4O2+. The Morgan fingerprint density at radius 3 is 2.13 bits per heavy atom. The Kier molecular flexibility index (Phi) is 11.0. The molecule has 0 saturated heterocycles. The minimum atomic E-state index is -0.0319. The summed E-state index contributed by atoms with van der Waals surface area (Å²) < 4.78 is 2.64. The van der Waals surface area contributed by atoms with E-state index in [9.17, 15) is 10.2 Å². The van der Waals surface area contributed by atoms with E-state index in [1.54, 1.807) is 11.9 Å². The molecule has 6 heteroatoms. The van der Waals surface area contributed by atoms with Crippen molar-refractivity contribution in [1.82, 2.24) is 4.90 Å². The third kappa shape index (κ3) is 8.60. The van der Waals surface area contributed by atoms with Crippen molar-refractivity contribution in [3.63, 3.8) is 0 Å². The molecule has 0 radical (unpaired) electrons. The first-order chi connectivity index (χ1) is 21.9. The van der Waals surface area contributed by atoms with Crippen LogP contribution in [0.1, 0.15) is 134 Å². The number of aryl methyl sites for hydroxylation is 1. The van der Waals surface area contributed by atoms with Crippen LogP contribution >= 0.6 is 0 Å². The van der Waals surface area contributed by atoms with Gasteiger partial charge in [0.05, 0.1) is 38.3 Å². The lowest BCUT2D eigenvalue weighted by Crippen LogP contribution is -2.44. The summed E-state index contributed by atoms with van der Waals surface area (Å²) in [5, 5.41) is 22.1. The van der Waals surface area contributed by atoms with Gasteiger partial charge in [-0.1, -0.05) is 66.5 Å². The van der Waals surface area contributed by atoms with Crippen LogP contribution in [0, 0.1) is 0 Å². The zero-order valence-corrected chi connectivity index (χ0v) is 29.5. The molecule has 0 bridgehead atoms. The lowest BCUT2D eigenvalue weighted by molar-refractivity contribution is -0.539. The van der Waals surface area contributed by atoms with Crippen LogP contribution in [-0.4, -0.2) is 76.2 Å². The lowest BCUT2D eigenvalue weighted by Gasteiger charge is -2.27. The van der Waals surface area contributed by atoms with E-state index in [1.165, 1.54) is 56.3 Å². The van der Waals surface area contributed by atoms with Gasteiger partial charge in [0.15, 0.2) is 0 Å². The monoisotopic (exact) mass is 627 g/mol. The normalized spacial score (nSPS) is 21.7. The van der Waals surface area contributed by atoms with Crippen LogP contribution in [-0.2, 0) is 17.3 Å². The molecule has 3 aliphatic rings. The topological polar surface area (TPSA) is 71.4 Å². The Hall–Kier alpha value is -3.15. The SMILES string of the molecule is CC(C)(C)c1ccc(O)c(C=NC2CCCCC2N=Cc2cc(C(C)(C)C)cc(CCCN3CCC[N+]4=C3CCCCC4)c2O)c1. The van der Waals surface area contributed by atoms with Crippen LogP contribution in [0.5, 0.6) is 11.5 Å². The summed E-state index contributed by atoms with van der Waals surface area (Å²) in [6.45, 7) is 17.9. The Balaban J connectivity index is 1.32. The Labute approximate surface area is 278 Å². The van der Waals surface area contributed by atoms with Gasteiger partial charge in [0.25, 0.3) is 0 Å². The lowest BCUT2D eigenvalue weighted by atomic mass is 9.84. The van der Waals surface area contributed by atoms with E-state index in [0.29, 0.717) is 5.75 Å². The summed E-state index contributed by atoms with van der Waals surface area (Å²) >= 11 is 0. The number of phenols is 2. The van der Waals surface area contributed by atoms with Crippen molar-refractivity contribution in [3.05, 3.63) is 58.1 Å². The fourth-order valence-electron chi connectivity index (χ4n) is 7.29. The number of rotatable bonds is 8. The van der Waals surface area contributed by atoms with Crippen LogP contribution in [0.25, 0.3) is 0 Å². The molecule has 5 rings (SSSR count). The van der Waals surface area contributed by atoms with Crippen LogP contribution < -0.4 is 0 Å². The summed E-state index contributed by atoms with van der Waals surface area (Å²) in [5.41, 5.74) is 4.98. The van der Waals surface area contributed by atoms with E-state index in [-0.39, 0.29) is 28.7 Å². The molecule has 1 saturated carbocycles. The third-order valence-corrected chi connectivity index (χ3v) is 10.3. The number of amidine groups is 1. The first-order valence-corrected chi connectivity index (χ1v) is 18.0. The fraction of sp³-hybridized carbons (Fsp3) is 0.625. The van der Waals surface area contributed by atoms with E-state index in [0.717, 1.165) is 68.3 Å². The first-order valence-electron chi connectivity index (χ1n) is 18.0. The van der Waals surface area contributed by atoms with Crippen LogP contribution in [0.15, 0.2) is 40.3 Å². The van der Waals surface area contributed by atoms with Crippen molar-refractivity contribution in [2.45, 2.75) is 135 Å². The predicted molar refractivity (Wildman–Crippen MR) is 193 cm³/mol. The van der Waals surface area contributed by atoms with Crippen LogP contribution in [0.4, 0.5) is 0 Å². The standard InChI is InChI=1S/C40H58N4O2/c1-39(2,3)32-18-19-36(45)30(25-32)27-41-34-15-9-10-16-35(34)42-28-31-26-33(40(4,5)6)24-29(38(31)46)14-12-21-44-23-13-22-43-20-11-7-8-17-37(43)44/h18-19,24-28,34-35H,7-17,20-23H2,1-6H3,(H-,41,42,45,46)/p+1. The second kappa shape index (κ2) is 14.7. The average molecular weight is 628 g/mol. The molecule has 2 unspecified atom stereocenters. The summed E-state index contributed by atoms with van der Waals surface area (Å²) in [6, 6.07) is 10.3. The molecule has 1 aliphatic carbocycles. The van der Waals surface area contributed by atoms with Gasteiger partial charge in [0.2, 0.25) is 5.84 Å². The summed E-state index contributed by atoms with van der Waals surface area (Å²) in [4.78, 5) is 12.7. The van der Waals surface area contributed by atoms with E-state index < -0.39 is 0 Å². The molecule has 46 heavy (non-hydrogen) atoms. The van der Waals surface area contributed by atoms with Gasteiger partial charge in [-0.2, -0.15) is 0 Å². The molecular weight excluding hydrogens is 568 g/mol. The van der Waals surface area contributed by atoms with Gasteiger partial charge in [-0.15, -0.1) is 0 Å². The quantitative estimate of drug-likeness (QED) is 0.229. The van der Waals surface area contributed by atoms with Gasteiger partial charge in [-0.3, -0.25) is 19.5 Å². The molecule has 2 heterocycles. The minimum Gasteiger partial charge on any atom is -0.507 e. The molecule has 2 aromatic carbocycles. The molecule has 2 N–H and O–H groups in total. The smallest absolute Gasteiger partial charge is 0.246 e. The Morgan fingerprint density at radius 1 is 0.783 bits per heavy atom. The van der Waals surface area contributed by atoms with E-state index in [2.05, 4.69) is 63.2 Å². The van der Waals surface area contributed by atoms with Crippen molar-refractivity contribution in [3.8, 4) is 11.5 Å². The van der Waals surface area contributed by atoms with Gasteiger partial charge < -0.3 is 10.2 Å². The molecule has 0 amide bonds. The second-order valence-corrected chi connectivity index (χ2v) is 16.0. The van der Waals surface area contributed by atoms with Gasteiger partial charge in [0, 0.05) is 36.4 Å². The molecule has 0 spiro atoms. The van der Waals surface area contributed by atoms with Crippen LogP contribution in [0.3, 0.4) is 0 Å². The van der Waals surface area contributed by atoms with Crippen molar-refractivity contribution < 1.29 is 14.8 Å². The largest absolute Gasteiger partial charge is 0.507 e. The highest BCUT2D eigenvalue weighted by atomic mass is 16.3. The number of nitrogens with zero attached hydrogens (tertiary/aromatic N) is 4. The number of hydrogen-bond donors (Lipinski definition) is 2. The minimum absolute atomic E-state index is 0.00106. The maximum absolute atomic E-state index is 11.5. The number of hydrogen-bond acceptors (Lipinski definition) is 5. The first kappa shape index (κ1) is 34.2. The van der Waals surface area contributed by atoms with Crippen molar-refractivity contribution in [2.75, 3.05) is 26.2 Å². The predicted octanol–water partition coefficient (Wildman–Crippen LogP) is 8.17. The fourth-order valence-corrected chi connectivity index (χ4v) is 7.29. The Bertz CT molecular complexity index is 1440. The second-order valence-electron chi connectivity index (χ2n) is 16.0. The summed E-state index contributed by atoms with van der Waals surface area (Å²) in [5.74, 6) is 2.19. The zero-order chi connectivity index (χ0) is 32.9. The van der Waals surface area contributed by atoms with E-state index in [1.807, 2.05) is 24.6 Å². The molecule has 250 valence electrons. The van der Waals surface area contributed by atoms with Gasteiger partial charge in [-0.25, -0.2) is 0 Å². The molecule has 0 aromatic heterocycles. The summed E-state index contributed by atoms with van der Waals surface area (Å²) in [6.07, 6.45) is 16.3. The molecule has 6 nitrogen and oxygen atoms in total. The highest BCUT2D eigenvalue weighted by molar-refractivity contribution is 5.85. The van der Waals surface area contributed by atoms with Gasteiger partial charge in [-0.05, 0) is 90.7 Å². The number of aromatic hydroxyl groups is 2. The molecule has 2 aliphatic heterocycles. The number of aliphatic imine (C=N–C) groups is 2. The Morgan fingerprint density at radius 2 is 1.43 bits per heavy atom. The van der Waals surface area contributed by atoms with E-state index in [4.69, 9.17) is 9.98 Å². The van der Waals surface area contributed by atoms with Crippen molar-refractivity contribution >= 4 is 18.3 Å². The highest BCUT2D eigenvalue weighted by Gasteiger charge is 2.29. The maximum atomic E-state index is 11.5. The van der Waals surface area contributed by atoms with Gasteiger partial charge >= 0.3 is 0 Å². The number of phenolic OH excluding ortho intramolecular Hbond substituents is 2. The zero-order valence-electron chi connectivity index (χ0n) is 29.5. The van der Waals surface area contributed by atoms with Gasteiger partial charge in [0.1, 0.15) is 11.5 Å². The van der Waals surface area contributed by atoms with Crippen molar-refractivity contribution in [1.29, 1.82) is 0 Å². The summed E-state index contributed by atoms with van der Waals surface area (Å²) in [7, 11) is 0. The molecule has 1 fully saturated rings. The van der Waals surface area contributed by atoms with E-state index >= 15 is 0 Å². The molecule has 2 atom stereocenters. The highest BCUT2D eigenvalue weighted by Crippen LogP contribution is 2.33. The van der Waals surface area contributed by atoms with Crippen LogP contribution in [0.2, 0.25) is 0 Å². The molecule has 2 aromatic rings. The average Bonchev–Trinajstić information content (AvgIpc) is 3.26. The maximum Gasteiger partial charge on any atom is 0.246 e. The van der Waals surface area contributed by atoms with Crippen molar-refractivity contribution in [2.24, 2.45) is 9.98 Å². The number of benzene rings is 2.